The first kappa shape index (κ1) is 10.4. The van der Waals surface area contributed by atoms with Crippen LogP contribution in [0.5, 0.6) is 0 Å². The van der Waals surface area contributed by atoms with E-state index in [1.807, 2.05) is 0 Å². The van der Waals surface area contributed by atoms with Crippen LogP contribution in [-0.2, 0) is 9.47 Å². The Morgan fingerprint density at radius 3 is 2.82 bits per heavy atom. The summed E-state index contributed by atoms with van der Waals surface area (Å²) in [5.41, 5.74) is 0.545. The number of allylic oxidation sites excluding steroid dienone is 1. The molecular formula is C15H22O2. The minimum Gasteiger partial charge on any atom is -0.491 e. The maximum Gasteiger partial charge on any atom is 0.154 e. The Balaban J connectivity index is 1.81. The van der Waals surface area contributed by atoms with Crippen molar-refractivity contribution in [2.24, 2.45) is 16.7 Å². The van der Waals surface area contributed by atoms with Crippen molar-refractivity contribution in [1.29, 1.82) is 0 Å². The normalized spacial score (nSPS) is 59.6. The van der Waals surface area contributed by atoms with Crippen molar-refractivity contribution in [2.75, 3.05) is 6.61 Å². The van der Waals surface area contributed by atoms with E-state index in [1.54, 1.807) is 0 Å². The summed E-state index contributed by atoms with van der Waals surface area (Å²) < 4.78 is 12.2. The lowest BCUT2D eigenvalue weighted by Gasteiger charge is -2.57. The van der Waals surface area contributed by atoms with Gasteiger partial charge >= 0.3 is 0 Å². The van der Waals surface area contributed by atoms with E-state index >= 15 is 0 Å². The van der Waals surface area contributed by atoms with Gasteiger partial charge in [-0.1, -0.05) is 20.8 Å². The fourth-order valence-electron chi connectivity index (χ4n) is 4.68. The SMILES string of the molecule is CC1CC[C@@]2(C)[C@@H](C1)OC1=CC[C@@]2(C)[C@]12CO2. The molecule has 2 nitrogen and oxygen atoms in total. The average Bonchev–Trinajstić information content (AvgIpc) is 3.03. The molecule has 0 aromatic rings. The Morgan fingerprint density at radius 2 is 2.12 bits per heavy atom. The molecule has 2 heterocycles. The molecule has 2 bridgehead atoms. The van der Waals surface area contributed by atoms with E-state index in [-0.39, 0.29) is 11.0 Å². The molecule has 2 heteroatoms. The van der Waals surface area contributed by atoms with Gasteiger partial charge in [0.15, 0.2) is 5.60 Å². The number of hydrogen-bond acceptors (Lipinski definition) is 2. The van der Waals surface area contributed by atoms with Gasteiger partial charge in [0.25, 0.3) is 0 Å². The maximum absolute atomic E-state index is 6.33. The van der Waals surface area contributed by atoms with Crippen LogP contribution >= 0.6 is 0 Å². The lowest BCUT2D eigenvalue weighted by atomic mass is 9.51. The molecule has 0 aromatic heterocycles. The molecule has 1 saturated carbocycles. The molecule has 94 valence electrons. The second-order valence-electron chi connectivity index (χ2n) is 7.12. The zero-order valence-electron chi connectivity index (χ0n) is 11.1. The largest absolute Gasteiger partial charge is 0.491 e. The number of ether oxygens (including phenoxy) is 2. The summed E-state index contributed by atoms with van der Waals surface area (Å²) in [5, 5.41) is 0. The highest BCUT2D eigenvalue weighted by atomic mass is 16.6. The molecule has 1 spiro atoms. The molecule has 17 heavy (non-hydrogen) atoms. The Kier molecular flexibility index (Phi) is 1.68. The van der Waals surface area contributed by atoms with E-state index in [0.29, 0.717) is 11.5 Å². The summed E-state index contributed by atoms with van der Waals surface area (Å²) in [6, 6.07) is 0. The minimum absolute atomic E-state index is 0.0289. The summed E-state index contributed by atoms with van der Waals surface area (Å²) in [5.74, 6) is 1.97. The summed E-state index contributed by atoms with van der Waals surface area (Å²) >= 11 is 0. The zero-order valence-corrected chi connectivity index (χ0v) is 11.1. The van der Waals surface area contributed by atoms with Crippen LogP contribution in [0.2, 0.25) is 0 Å². The third kappa shape index (κ3) is 0.951. The summed E-state index contributed by atoms with van der Waals surface area (Å²) in [7, 11) is 0. The molecule has 0 amide bonds. The van der Waals surface area contributed by atoms with Crippen LogP contribution in [0.1, 0.15) is 46.5 Å². The molecule has 3 fully saturated rings. The molecule has 2 aliphatic carbocycles. The van der Waals surface area contributed by atoms with Gasteiger partial charge in [-0.3, -0.25) is 0 Å². The first-order valence-corrected chi connectivity index (χ1v) is 7.03. The van der Waals surface area contributed by atoms with E-state index in [9.17, 15) is 0 Å². The molecule has 2 aliphatic heterocycles. The molecule has 2 saturated heterocycles. The quantitative estimate of drug-likeness (QED) is 0.600. The monoisotopic (exact) mass is 234 g/mol. The fourth-order valence-corrected chi connectivity index (χ4v) is 4.68. The second-order valence-corrected chi connectivity index (χ2v) is 7.12. The van der Waals surface area contributed by atoms with E-state index in [1.165, 1.54) is 19.3 Å². The van der Waals surface area contributed by atoms with E-state index < -0.39 is 0 Å². The Morgan fingerprint density at radius 1 is 1.35 bits per heavy atom. The van der Waals surface area contributed by atoms with Crippen molar-refractivity contribution in [3.63, 3.8) is 0 Å². The van der Waals surface area contributed by atoms with Crippen molar-refractivity contribution >= 4 is 0 Å². The van der Waals surface area contributed by atoms with E-state index in [2.05, 4.69) is 26.8 Å². The van der Waals surface area contributed by atoms with E-state index in [4.69, 9.17) is 9.47 Å². The third-order valence-corrected chi connectivity index (χ3v) is 6.43. The van der Waals surface area contributed by atoms with Gasteiger partial charge in [0.05, 0.1) is 6.61 Å². The Hall–Kier alpha value is -0.500. The highest BCUT2D eigenvalue weighted by molar-refractivity contribution is 5.37. The van der Waals surface area contributed by atoms with Gasteiger partial charge in [-0.25, -0.2) is 0 Å². The van der Waals surface area contributed by atoms with Crippen LogP contribution in [0.4, 0.5) is 0 Å². The van der Waals surface area contributed by atoms with Crippen LogP contribution in [0.15, 0.2) is 11.8 Å². The van der Waals surface area contributed by atoms with Crippen molar-refractivity contribution in [1.82, 2.24) is 0 Å². The minimum atomic E-state index is -0.0289. The highest BCUT2D eigenvalue weighted by Crippen LogP contribution is 2.71. The summed E-state index contributed by atoms with van der Waals surface area (Å²) in [6.07, 6.45) is 7.73. The lowest BCUT2D eigenvalue weighted by molar-refractivity contribution is -0.172. The standard InChI is InChI=1S/C15H22O2/c1-10-4-6-13(2)12(8-10)17-11-5-7-14(13,3)15(11)9-16-15/h5,10,12H,4,6-9H2,1-3H3/t10?,12-,13+,14-,15+/m1/s1. The lowest BCUT2D eigenvalue weighted by Crippen LogP contribution is -2.59. The average molecular weight is 234 g/mol. The number of fused-ring (bicyclic) bond motifs is 2. The summed E-state index contributed by atoms with van der Waals surface area (Å²) in [6.45, 7) is 8.13. The van der Waals surface area contributed by atoms with Gasteiger partial charge in [0.1, 0.15) is 11.9 Å². The van der Waals surface area contributed by atoms with Crippen LogP contribution in [0.3, 0.4) is 0 Å². The van der Waals surface area contributed by atoms with Crippen molar-refractivity contribution in [2.45, 2.75) is 58.2 Å². The Labute approximate surface area is 103 Å². The second kappa shape index (κ2) is 2.74. The highest BCUT2D eigenvalue weighted by Gasteiger charge is 2.75. The molecule has 5 atom stereocenters. The van der Waals surface area contributed by atoms with Crippen LogP contribution in [-0.4, -0.2) is 18.3 Å². The van der Waals surface area contributed by atoms with Gasteiger partial charge in [0, 0.05) is 10.8 Å². The van der Waals surface area contributed by atoms with Gasteiger partial charge in [-0.05, 0) is 37.7 Å². The van der Waals surface area contributed by atoms with Gasteiger partial charge in [0.2, 0.25) is 0 Å². The maximum atomic E-state index is 6.33. The zero-order chi connectivity index (χ0) is 11.9. The number of epoxide rings is 1. The molecule has 0 radical (unpaired) electrons. The van der Waals surface area contributed by atoms with Crippen LogP contribution in [0.25, 0.3) is 0 Å². The molecule has 4 rings (SSSR count). The summed E-state index contributed by atoms with van der Waals surface area (Å²) in [4.78, 5) is 0. The van der Waals surface area contributed by atoms with Crippen LogP contribution < -0.4 is 0 Å². The van der Waals surface area contributed by atoms with Crippen molar-refractivity contribution < 1.29 is 9.47 Å². The third-order valence-electron chi connectivity index (χ3n) is 6.43. The Bertz CT molecular complexity index is 409. The first-order valence-electron chi connectivity index (χ1n) is 7.03. The predicted octanol–water partition coefficient (Wildman–Crippen LogP) is 3.27. The fraction of sp³-hybridized carbons (Fsp3) is 0.867. The molecule has 4 aliphatic rings. The van der Waals surface area contributed by atoms with Gasteiger partial charge < -0.3 is 9.47 Å². The molecule has 0 aromatic carbocycles. The molecule has 0 N–H and O–H groups in total. The topological polar surface area (TPSA) is 21.8 Å². The molecule has 1 unspecified atom stereocenters. The predicted molar refractivity (Wildman–Crippen MR) is 65.5 cm³/mol. The number of hydrogen-bond donors (Lipinski definition) is 0. The van der Waals surface area contributed by atoms with E-state index in [0.717, 1.165) is 24.7 Å². The van der Waals surface area contributed by atoms with Crippen molar-refractivity contribution in [3.05, 3.63) is 11.8 Å². The van der Waals surface area contributed by atoms with Crippen molar-refractivity contribution in [3.8, 4) is 0 Å². The van der Waals surface area contributed by atoms with Crippen LogP contribution in [0, 0.1) is 16.7 Å². The van der Waals surface area contributed by atoms with Gasteiger partial charge in [-0.2, -0.15) is 0 Å². The smallest absolute Gasteiger partial charge is 0.154 e. The van der Waals surface area contributed by atoms with Gasteiger partial charge in [-0.15, -0.1) is 0 Å². The first-order chi connectivity index (χ1) is 8.02. The number of rotatable bonds is 0. The molecular weight excluding hydrogens is 212 g/mol.